The van der Waals surface area contributed by atoms with Crippen molar-refractivity contribution in [2.24, 2.45) is 5.92 Å². The fraction of sp³-hybridized carbons (Fsp3) is 0.520. The molecule has 1 saturated heterocycles. The zero-order valence-corrected chi connectivity index (χ0v) is 19.3. The molecule has 0 spiro atoms. The van der Waals surface area contributed by atoms with E-state index in [1.165, 1.54) is 18.4 Å². The van der Waals surface area contributed by atoms with Gasteiger partial charge in [0.15, 0.2) is 0 Å². The summed E-state index contributed by atoms with van der Waals surface area (Å²) >= 11 is 6.65. The average Bonchev–Trinajstić information content (AvgIpc) is 3.15. The zero-order valence-electron chi connectivity index (χ0n) is 18.5. The smallest absolute Gasteiger partial charge is 0.255 e. The molecule has 5 nitrogen and oxygen atoms in total. The van der Waals surface area contributed by atoms with E-state index in [1.54, 1.807) is 6.20 Å². The minimum Gasteiger partial charge on any atom is -0.383 e. The van der Waals surface area contributed by atoms with Crippen molar-refractivity contribution < 1.29 is 4.79 Å². The average molecular weight is 441 g/mol. The lowest BCUT2D eigenvalue weighted by molar-refractivity contribution is 0.0923. The number of carbonyl (C=O) groups is 1. The summed E-state index contributed by atoms with van der Waals surface area (Å²) in [6, 6.07) is 8.81. The molecule has 1 atom stereocenters. The molecule has 166 valence electrons. The Bertz CT molecular complexity index is 939. The number of amides is 1. The highest BCUT2D eigenvalue weighted by Gasteiger charge is 2.23. The molecule has 2 fully saturated rings. The van der Waals surface area contributed by atoms with Crippen LogP contribution in [-0.2, 0) is 6.54 Å². The van der Waals surface area contributed by atoms with Crippen molar-refractivity contribution in [3.8, 4) is 11.1 Å². The maximum atomic E-state index is 12.9. The molecule has 1 aromatic heterocycles. The van der Waals surface area contributed by atoms with Gasteiger partial charge in [-0.3, -0.25) is 9.69 Å². The third-order valence-electron chi connectivity index (χ3n) is 6.93. The van der Waals surface area contributed by atoms with Crippen molar-refractivity contribution in [2.75, 3.05) is 12.3 Å². The van der Waals surface area contributed by atoms with Crippen molar-refractivity contribution in [3.05, 3.63) is 46.6 Å². The molecular formula is C25H33ClN4O. The number of benzene rings is 1. The molecule has 2 heterocycles. The van der Waals surface area contributed by atoms with Gasteiger partial charge in [-0.2, -0.15) is 0 Å². The molecule has 1 aliphatic carbocycles. The fourth-order valence-electron chi connectivity index (χ4n) is 4.83. The molecule has 2 aliphatic rings. The largest absolute Gasteiger partial charge is 0.383 e. The monoisotopic (exact) mass is 440 g/mol. The number of aromatic nitrogens is 1. The van der Waals surface area contributed by atoms with Crippen molar-refractivity contribution in [1.82, 2.24) is 15.2 Å². The van der Waals surface area contributed by atoms with Gasteiger partial charge in [-0.05, 0) is 75.6 Å². The van der Waals surface area contributed by atoms with Crippen LogP contribution in [0.4, 0.5) is 5.82 Å². The number of nitrogens with zero attached hydrogens (tertiary/aromatic N) is 2. The molecule has 1 amide bonds. The summed E-state index contributed by atoms with van der Waals surface area (Å²) < 4.78 is 0. The van der Waals surface area contributed by atoms with E-state index in [0.29, 0.717) is 16.6 Å². The molecule has 0 bridgehead atoms. The molecule has 1 aliphatic heterocycles. The Morgan fingerprint density at radius 3 is 2.65 bits per heavy atom. The maximum absolute atomic E-state index is 12.9. The second-order valence-electron chi connectivity index (χ2n) is 9.36. The second kappa shape index (κ2) is 9.58. The first-order valence-corrected chi connectivity index (χ1v) is 11.9. The van der Waals surface area contributed by atoms with Crippen LogP contribution in [0.25, 0.3) is 11.1 Å². The predicted octanol–water partition coefficient (Wildman–Crippen LogP) is 5.28. The van der Waals surface area contributed by atoms with Crippen molar-refractivity contribution in [3.63, 3.8) is 0 Å². The van der Waals surface area contributed by atoms with E-state index in [-0.39, 0.29) is 17.8 Å². The standard InChI is InChI=1S/C25H33ClN4O/c1-16-5-8-20(9-6-16)29-25(31)22-13-19(14-28-24(22)27)21-10-7-18(12-23(21)26)15-30-11-3-4-17(30)2/h7,10,12-14,16-17,20H,3-6,8-9,11,15H2,1-2H3,(H2,27,28)(H,29,31). The van der Waals surface area contributed by atoms with Gasteiger partial charge in [-0.15, -0.1) is 0 Å². The van der Waals surface area contributed by atoms with Gasteiger partial charge in [0.05, 0.1) is 5.56 Å². The molecule has 1 unspecified atom stereocenters. The van der Waals surface area contributed by atoms with E-state index in [1.807, 2.05) is 18.2 Å². The lowest BCUT2D eigenvalue weighted by Crippen LogP contribution is -2.37. The molecule has 4 rings (SSSR count). The van der Waals surface area contributed by atoms with Crippen LogP contribution in [0.2, 0.25) is 5.02 Å². The molecule has 6 heteroatoms. The number of nitrogen functional groups attached to an aromatic ring is 1. The summed E-state index contributed by atoms with van der Waals surface area (Å²) in [5, 5.41) is 3.82. The predicted molar refractivity (Wildman–Crippen MR) is 127 cm³/mol. The first kappa shape index (κ1) is 22.1. The van der Waals surface area contributed by atoms with E-state index in [0.717, 1.165) is 55.8 Å². The third-order valence-corrected chi connectivity index (χ3v) is 7.25. The molecule has 3 N–H and O–H groups in total. The van der Waals surface area contributed by atoms with Crippen LogP contribution in [0.3, 0.4) is 0 Å². The van der Waals surface area contributed by atoms with E-state index in [4.69, 9.17) is 17.3 Å². The molecule has 1 aromatic carbocycles. The Balaban J connectivity index is 1.50. The van der Waals surface area contributed by atoms with E-state index in [2.05, 4.69) is 35.1 Å². The minimum atomic E-state index is -0.151. The lowest BCUT2D eigenvalue weighted by Gasteiger charge is -2.27. The fourth-order valence-corrected chi connectivity index (χ4v) is 5.14. The second-order valence-corrected chi connectivity index (χ2v) is 9.77. The summed E-state index contributed by atoms with van der Waals surface area (Å²) in [6.07, 6.45) is 8.54. The van der Waals surface area contributed by atoms with Crippen LogP contribution in [0, 0.1) is 5.92 Å². The number of hydrogen-bond donors (Lipinski definition) is 2. The highest BCUT2D eigenvalue weighted by Crippen LogP contribution is 2.31. The van der Waals surface area contributed by atoms with E-state index >= 15 is 0 Å². The lowest BCUT2D eigenvalue weighted by atomic mass is 9.87. The number of nitrogens with two attached hydrogens (primary N) is 1. The zero-order chi connectivity index (χ0) is 22.0. The summed E-state index contributed by atoms with van der Waals surface area (Å²) in [7, 11) is 0. The highest BCUT2D eigenvalue weighted by molar-refractivity contribution is 6.33. The van der Waals surface area contributed by atoms with Gasteiger partial charge in [0.1, 0.15) is 5.82 Å². The van der Waals surface area contributed by atoms with Crippen molar-refractivity contribution in [1.29, 1.82) is 0 Å². The van der Waals surface area contributed by atoms with Gasteiger partial charge in [0.2, 0.25) is 0 Å². The van der Waals surface area contributed by atoms with Gasteiger partial charge < -0.3 is 11.1 Å². The van der Waals surface area contributed by atoms with Crippen LogP contribution in [0.1, 0.15) is 68.3 Å². The SMILES string of the molecule is CC1CCC(NC(=O)c2cc(-c3ccc(CN4CCCC4C)cc3Cl)cnc2N)CC1. The topological polar surface area (TPSA) is 71.2 Å². The number of hydrogen-bond acceptors (Lipinski definition) is 4. The van der Waals surface area contributed by atoms with Crippen LogP contribution < -0.4 is 11.1 Å². The maximum Gasteiger partial charge on any atom is 0.255 e. The summed E-state index contributed by atoms with van der Waals surface area (Å²) in [5.74, 6) is 0.838. The highest BCUT2D eigenvalue weighted by atomic mass is 35.5. The van der Waals surface area contributed by atoms with Crippen LogP contribution in [0.5, 0.6) is 0 Å². The number of pyridine rings is 1. The van der Waals surface area contributed by atoms with Gasteiger partial charge in [-0.1, -0.05) is 30.7 Å². The van der Waals surface area contributed by atoms with Gasteiger partial charge in [0.25, 0.3) is 5.91 Å². The van der Waals surface area contributed by atoms with E-state index < -0.39 is 0 Å². The number of nitrogens with one attached hydrogen (secondary N) is 1. The minimum absolute atomic E-state index is 0.151. The Morgan fingerprint density at radius 1 is 1.19 bits per heavy atom. The van der Waals surface area contributed by atoms with Gasteiger partial charge >= 0.3 is 0 Å². The molecule has 1 saturated carbocycles. The number of likely N-dealkylation sites (tertiary alicyclic amines) is 1. The van der Waals surface area contributed by atoms with Gasteiger partial charge in [0, 0.05) is 41.0 Å². The van der Waals surface area contributed by atoms with Gasteiger partial charge in [-0.25, -0.2) is 4.98 Å². The Hall–Kier alpha value is -2.11. The summed E-state index contributed by atoms with van der Waals surface area (Å²) in [6.45, 7) is 6.60. The first-order chi connectivity index (χ1) is 14.9. The quantitative estimate of drug-likeness (QED) is 0.663. The number of halogens is 1. The third kappa shape index (κ3) is 5.21. The Morgan fingerprint density at radius 2 is 1.97 bits per heavy atom. The number of carbonyl (C=O) groups excluding carboxylic acids is 1. The molecule has 2 aromatic rings. The summed E-state index contributed by atoms with van der Waals surface area (Å²) in [5.41, 5.74) is 9.35. The normalized spacial score (nSPS) is 24.3. The molecule has 0 radical (unpaired) electrons. The molecule has 31 heavy (non-hydrogen) atoms. The Labute approximate surface area is 190 Å². The Kier molecular flexibility index (Phi) is 6.83. The number of anilines is 1. The van der Waals surface area contributed by atoms with Crippen molar-refractivity contribution >= 4 is 23.3 Å². The first-order valence-electron chi connectivity index (χ1n) is 11.5. The van der Waals surface area contributed by atoms with Crippen LogP contribution in [-0.4, -0.2) is 34.4 Å². The van der Waals surface area contributed by atoms with Crippen LogP contribution in [0.15, 0.2) is 30.5 Å². The molecular weight excluding hydrogens is 408 g/mol. The van der Waals surface area contributed by atoms with E-state index in [9.17, 15) is 4.79 Å². The summed E-state index contributed by atoms with van der Waals surface area (Å²) in [4.78, 5) is 19.7. The van der Waals surface area contributed by atoms with Crippen LogP contribution >= 0.6 is 11.6 Å². The van der Waals surface area contributed by atoms with Crippen molar-refractivity contribution in [2.45, 2.75) is 71.0 Å². The number of rotatable bonds is 5.